The third kappa shape index (κ3) is 5.20. The lowest BCUT2D eigenvalue weighted by molar-refractivity contribution is -0.137. The maximum absolute atomic E-state index is 13.5. The van der Waals surface area contributed by atoms with Crippen LogP contribution >= 0.6 is 34.8 Å². The van der Waals surface area contributed by atoms with E-state index in [0.717, 1.165) is 6.07 Å². The van der Waals surface area contributed by atoms with Crippen LogP contribution in [0.25, 0.3) is 0 Å². The van der Waals surface area contributed by atoms with Crippen LogP contribution in [0.5, 0.6) is 0 Å². The molecule has 0 aromatic heterocycles. The van der Waals surface area contributed by atoms with Gasteiger partial charge in [0.25, 0.3) is 5.91 Å². The van der Waals surface area contributed by atoms with Crippen LogP contribution in [-0.4, -0.2) is 30.5 Å². The predicted octanol–water partition coefficient (Wildman–Crippen LogP) is 4.10. The second-order valence-electron chi connectivity index (χ2n) is 6.15. The second-order valence-corrected chi connectivity index (χ2v) is 9.46. The van der Waals surface area contributed by atoms with E-state index in [0.29, 0.717) is 23.8 Å². The fourth-order valence-electron chi connectivity index (χ4n) is 3.27. The zero-order valence-corrected chi connectivity index (χ0v) is 16.8. The normalized spacial score (nSPS) is 21.3. The maximum Gasteiger partial charge on any atom is 0.418 e. The number of carbonyl (C=O) groups excluding carboxylic acids is 1. The number of sulfonamides is 1. The molecule has 5 nitrogen and oxygen atoms in total. The van der Waals surface area contributed by atoms with Crippen molar-refractivity contribution < 1.29 is 26.4 Å². The smallest absolute Gasteiger partial charge is 0.305 e. The molecule has 27 heavy (non-hydrogen) atoms. The van der Waals surface area contributed by atoms with Crippen molar-refractivity contribution in [2.45, 2.75) is 48.0 Å². The molecule has 1 aliphatic carbocycles. The molecule has 1 aliphatic rings. The number of hydrogen-bond acceptors (Lipinski definition) is 3. The van der Waals surface area contributed by atoms with Crippen LogP contribution in [-0.2, 0) is 21.0 Å². The Kier molecular flexibility index (Phi) is 6.95. The van der Waals surface area contributed by atoms with Gasteiger partial charge in [0.05, 0.1) is 22.5 Å². The summed E-state index contributed by atoms with van der Waals surface area (Å²) < 4.78 is 64.6. The van der Waals surface area contributed by atoms with Crippen LogP contribution in [0, 0.1) is 0 Å². The van der Waals surface area contributed by atoms with E-state index in [1.54, 1.807) is 0 Å². The number of hydrogen-bond donors (Lipinski definition) is 1. The summed E-state index contributed by atoms with van der Waals surface area (Å²) in [6, 6.07) is 1.68. The number of nitrogens with two attached hydrogens (primary N) is 1. The Morgan fingerprint density at radius 3 is 2.33 bits per heavy atom. The zero-order valence-electron chi connectivity index (χ0n) is 13.7. The molecule has 1 aromatic rings. The van der Waals surface area contributed by atoms with Crippen molar-refractivity contribution >= 4 is 56.4 Å². The summed E-state index contributed by atoms with van der Waals surface area (Å²) >= 11 is 17.0. The molecule has 1 aromatic carbocycles. The van der Waals surface area contributed by atoms with Crippen LogP contribution in [0.1, 0.15) is 31.2 Å². The lowest BCUT2D eigenvalue weighted by Gasteiger charge is -2.40. The highest BCUT2D eigenvalue weighted by atomic mass is 35.5. The van der Waals surface area contributed by atoms with Crippen LogP contribution in [0.15, 0.2) is 18.2 Å². The quantitative estimate of drug-likeness (QED) is 0.677. The van der Waals surface area contributed by atoms with E-state index >= 15 is 0 Å². The van der Waals surface area contributed by atoms with Crippen molar-refractivity contribution in [3.05, 3.63) is 28.8 Å². The summed E-state index contributed by atoms with van der Waals surface area (Å²) in [6.07, 6.45) is -3.59. The number of alkyl halides is 5. The number of halogens is 6. The van der Waals surface area contributed by atoms with Crippen molar-refractivity contribution in [1.82, 2.24) is 0 Å². The van der Waals surface area contributed by atoms with Crippen LogP contribution in [0.4, 0.5) is 18.9 Å². The number of carbonyl (C=O) groups is 1. The third-order valence-corrected chi connectivity index (χ3v) is 6.37. The van der Waals surface area contributed by atoms with Crippen LogP contribution in [0.3, 0.4) is 0 Å². The molecular formula is C15H16Cl3F3N2O3S. The molecule has 0 radical (unpaired) electrons. The number of benzene rings is 1. The molecule has 152 valence electrons. The van der Waals surface area contributed by atoms with E-state index in [1.165, 1.54) is 6.07 Å². The van der Waals surface area contributed by atoms with E-state index in [9.17, 15) is 26.4 Å². The number of amides is 1. The molecule has 0 saturated heterocycles. The summed E-state index contributed by atoms with van der Waals surface area (Å²) in [4.78, 5) is 11.6. The first-order valence-corrected chi connectivity index (χ1v) is 10.7. The average molecular weight is 468 g/mol. The molecule has 0 aliphatic heterocycles. The molecule has 2 rings (SSSR count). The van der Waals surface area contributed by atoms with Gasteiger partial charge in [-0.25, -0.2) is 13.6 Å². The number of anilines is 1. The molecule has 0 bridgehead atoms. The van der Waals surface area contributed by atoms with Crippen molar-refractivity contribution in [2.75, 3.05) is 4.90 Å². The van der Waals surface area contributed by atoms with E-state index in [2.05, 4.69) is 0 Å². The highest BCUT2D eigenvalue weighted by Crippen LogP contribution is 2.41. The fourth-order valence-corrected chi connectivity index (χ4v) is 4.84. The van der Waals surface area contributed by atoms with Gasteiger partial charge in [0.2, 0.25) is 10.0 Å². The van der Waals surface area contributed by atoms with Crippen molar-refractivity contribution in [3.63, 3.8) is 0 Å². The highest BCUT2D eigenvalue weighted by molar-refractivity contribution is 7.89. The molecule has 0 spiro atoms. The summed E-state index contributed by atoms with van der Waals surface area (Å²) in [5.74, 6) is -1.06. The molecular weight excluding hydrogens is 452 g/mol. The topological polar surface area (TPSA) is 80.5 Å². The first-order chi connectivity index (χ1) is 12.3. The van der Waals surface area contributed by atoms with Gasteiger partial charge in [0.1, 0.15) is 0 Å². The lowest BCUT2D eigenvalue weighted by atomic mass is 9.92. The van der Waals surface area contributed by atoms with Crippen LogP contribution < -0.4 is 10.0 Å². The Morgan fingerprint density at radius 1 is 1.22 bits per heavy atom. The van der Waals surface area contributed by atoms with Gasteiger partial charge in [0, 0.05) is 5.02 Å². The average Bonchev–Trinajstić information content (AvgIpc) is 2.54. The molecule has 2 unspecified atom stereocenters. The minimum Gasteiger partial charge on any atom is -0.305 e. The predicted molar refractivity (Wildman–Crippen MR) is 98.6 cm³/mol. The van der Waals surface area contributed by atoms with Crippen LogP contribution in [0.2, 0.25) is 5.02 Å². The van der Waals surface area contributed by atoms with E-state index in [-0.39, 0.29) is 17.9 Å². The maximum atomic E-state index is 13.5. The molecule has 2 atom stereocenters. The highest BCUT2D eigenvalue weighted by Gasteiger charge is 2.44. The van der Waals surface area contributed by atoms with Gasteiger partial charge in [-0.3, -0.25) is 4.79 Å². The Bertz CT molecular complexity index is 818. The first kappa shape index (κ1) is 22.5. The van der Waals surface area contributed by atoms with Gasteiger partial charge < -0.3 is 4.90 Å². The van der Waals surface area contributed by atoms with Gasteiger partial charge in [0.15, 0.2) is 4.84 Å². The van der Waals surface area contributed by atoms with Gasteiger partial charge >= 0.3 is 6.18 Å². The Balaban J connectivity index is 2.68. The van der Waals surface area contributed by atoms with Gasteiger partial charge in [-0.1, -0.05) is 47.6 Å². The third-order valence-electron chi connectivity index (χ3n) is 4.37. The number of nitrogens with zero attached hydrogens (tertiary/aromatic N) is 1. The summed E-state index contributed by atoms with van der Waals surface area (Å²) in [7, 11) is -4.13. The standard InChI is InChI=1S/C15H16Cl3F3N2O3S/c16-8-5-6-10(9(7-8)15(19,20)21)23(14(24)13(17)18)11-3-1-2-4-12(11)27(22,25)26/h5-7,11-13H,1-4H2,(H2,22,25,26). The van der Waals surface area contributed by atoms with Gasteiger partial charge in [-0.2, -0.15) is 13.2 Å². The van der Waals surface area contributed by atoms with E-state index in [4.69, 9.17) is 39.9 Å². The molecule has 1 fully saturated rings. The van der Waals surface area contributed by atoms with Crippen molar-refractivity contribution in [3.8, 4) is 0 Å². The second kappa shape index (κ2) is 8.32. The Labute approximate surface area is 169 Å². The number of rotatable bonds is 4. The minimum absolute atomic E-state index is 0.109. The molecule has 1 saturated carbocycles. The summed E-state index contributed by atoms with van der Waals surface area (Å²) in [5, 5.41) is 3.83. The minimum atomic E-state index is -4.85. The molecule has 0 heterocycles. The summed E-state index contributed by atoms with van der Waals surface area (Å²) in [6.45, 7) is 0. The van der Waals surface area contributed by atoms with E-state index < -0.39 is 49.5 Å². The van der Waals surface area contributed by atoms with Gasteiger partial charge in [-0.05, 0) is 31.0 Å². The molecule has 1 amide bonds. The van der Waals surface area contributed by atoms with Crippen molar-refractivity contribution in [1.29, 1.82) is 0 Å². The molecule has 2 N–H and O–H groups in total. The fraction of sp³-hybridized carbons (Fsp3) is 0.533. The Hall–Kier alpha value is -0.740. The monoisotopic (exact) mass is 466 g/mol. The first-order valence-electron chi connectivity index (χ1n) is 7.83. The number of primary sulfonamides is 1. The van der Waals surface area contributed by atoms with Crippen molar-refractivity contribution in [2.24, 2.45) is 5.14 Å². The van der Waals surface area contributed by atoms with Gasteiger partial charge in [-0.15, -0.1) is 0 Å². The van der Waals surface area contributed by atoms with E-state index in [1.807, 2.05) is 0 Å². The largest absolute Gasteiger partial charge is 0.418 e. The molecule has 12 heteroatoms. The SMILES string of the molecule is NS(=O)(=O)C1CCCCC1N(C(=O)C(Cl)Cl)c1ccc(Cl)cc1C(F)(F)F. The summed E-state index contributed by atoms with van der Waals surface area (Å²) in [5.41, 5.74) is -1.76. The lowest BCUT2D eigenvalue weighted by Crippen LogP contribution is -2.54. The Morgan fingerprint density at radius 2 is 1.81 bits per heavy atom. The zero-order chi connectivity index (χ0) is 20.6.